The Kier molecular flexibility index (Phi) is 4.05. The van der Waals surface area contributed by atoms with E-state index in [1.807, 2.05) is 25.1 Å². The first-order valence-corrected chi connectivity index (χ1v) is 5.10. The number of amides is 2. The monoisotopic (exact) mass is 220 g/mol. The fourth-order valence-corrected chi connectivity index (χ4v) is 1.40. The zero-order valence-electron chi connectivity index (χ0n) is 9.76. The van der Waals surface area contributed by atoms with Gasteiger partial charge in [-0.1, -0.05) is 17.7 Å². The maximum atomic E-state index is 11.0. The molecule has 0 spiro atoms. The van der Waals surface area contributed by atoms with Crippen molar-refractivity contribution >= 4 is 17.5 Å². The van der Waals surface area contributed by atoms with Crippen LogP contribution in [-0.4, -0.2) is 11.8 Å². The van der Waals surface area contributed by atoms with Crippen molar-refractivity contribution in [3.63, 3.8) is 0 Å². The number of carbonyl (C=O) groups excluding carboxylic acids is 2. The Morgan fingerprint density at radius 1 is 1.19 bits per heavy atom. The molecule has 0 unspecified atom stereocenters. The Bertz CT molecular complexity index is 413. The summed E-state index contributed by atoms with van der Waals surface area (Å²) in [6, 6.07) is 5.71. The molecule has 1 aromatic rings. The van der Waals surface area contributed by atoms with Gasteiger partial charge in [-0.2, -0.15) is 0 Å². The van der Waals surface area contributed by atoms with Gasteiger partial charge in [-0.3, -0.25) is 9.59 Å². The van der Waals surface area contributed by atoms with Gasteiger partial charge in [-0.15, -0.1) is 0 Å². The molecule has 2 N–H and O–H groups in total. The van der Waals surface area contributed by atoms with E-state index in [9.17, 15) is 9.59 Å². The van der Waals surface area contributed by atoms with E-state index in [0.29, 0.717) is 6.54 Å². The second-order valence-corrected chi connectivity index (χ2v) is 3.75. The minimum Gasteiger partial charge on any atom is -0.352 e. The number of aryl methyl sites for hydroxylation is 1. The van der Waals surface area contributed by atoms with Crippen molar-refractivity contribution in [1.29, 1.82) is 0 Å². The van der Waals surface area contributed by atoms with Crippen LogP contribution >= 0.6 is 0 Å². The highest BCUT2D eigenvalue weighted by atomic mass is 16.2. The van der Waals surface area contributed by atoms with Crippen LogP contribution in [0.1, 0.15) is 25.0 Å². The van der Waals surface area contributed by atoms with Crippen molar-refractivity contribution in [1.82, 2.24) is 5.32 Å². The highest BCUT2D eigenvalue weighted by molar-refractivity contribution is 5.89. The minimum atomic E-state index is -0.118. The molecule has 0 aromatic heterocycles. The molecular formula is C12H16N2O2. The molecular weight excluding hydrogens is 204 g/mol. The molecule has 0 atom stereocenters. The van der Waals surface area contributed by atoms with E-state index < -0.39 is 0 Å². The quantitative estimate of drug-likeness (QED) is 0.812. The number of anilines is 1. The number of hydrogen-bond donors (Lipinski definition) is 2. The summed E-state index contributed by atoms with van der Waals surface area (Å²) in [7, 11) is 0. The normalized spacial score (nSPS) is 9.69. The molecule has 0 bridgehead atoms. The number of carbonyl (C=O) groups is 2. The molecule has 1 aromatic carbocycles. The van der Waals surface area contributed by atoms with E-state index in [1.165, 1.54) is 13.8 Å². The largest absolute Gasteiger partial charge is 0.352 e. The third-order valence-electron chi connectivity index (χ3n) is 2.10. The molecule has 0 aliphatic heterocycles. The van der Waals surface area contributed by atoms with E-state index in [0.717, 1.165) is 16.8 Å². The van der Waals surface area contributed by atoms with Crippen LogP contribution in [0.4, 0.5) is 5.69 Å². The standard InChI is InChI=1S/C12H16N2O2/c1-8-4-5-12(14-10(3)16)11(6-8)7-13-9(2)15/h4-6H,7H2,1-3H3,(H,13,15)(H,14,16). The van der Waals surface area contributed by atoms with Crippen molar-refractivity contribution in [2.45, 2.75) is 27.3 Å². The second kappa shape index (κ2) is 5.30. The lowest BCUT2D eigenvalue weighted by molar-refractivity contribution is -0.119. The van der Waals surface area contributed by atoms with Crippen LogP contribution in [0, 0.1) is 6.92 Å². The summed E-state index contributed by atoms with van der Waals surface area (Å²) >= 11 is 0. The Labute approximate surface area is 95.0 Å². The van der Waals surface area contributed by atoms with Gasteiger partial charge in [-0.25, -0.2) is 0 Å². The first-order valence-electron chi connectivity index (χ1n) is 5.10. The van der Waals surface area contributed by atoms with Gasteiger partial charge in [-0.05, 0) is 18.6 Å². The SMILES string of the molecule is CC(=O)NCc1cc(C)ccc1NC(C)=O. The van der Waals surface area contributed by atoms with Crippen LogP contribution in [0.2, 0.25) is 0 Å². The number of rotatable bonds is 3. The third kappa shape index (κ3) is 3.73. The van der Waals surface area contributed by atoms with Crippen LogP contribution < -0.4 is 10.6 Å². The first kappa shape index (κ1) is 12.2. The van der Waals surface area contributed by atoms with Crippen LogP contribution in [-0.2, 0) is 16.1 Å². The van der Waals surface area contributed by atoms with Crippen LogP contribution in [0.25, 0.3) is 0 Å². The Morgan fingerprint density at radius 2 is 1.88 bits per heavy atom. The lowest BCUT2D eigenvalue weighted by atomic mass is 10.1. The molecule has 0 aliphatic carbocycles. The van der Waals surface area contributed by atoms with E-state index in [1.54, 1.807) is 0 Å². The minimum absolute atomic E-state index is 0.0877. The maximum Gasteiger partial charge on any atom is 0.221 e. The van der Waals surface area contributed by atoms with Gasteiger partial charge in [0.1, 0.15) is 0 Å². The van der Waals surface area contributed by atoms with Crippen molar-refractivity contribution in [3.05, 3.63) is 29.3 Å². The zero-order chi connectivity index (χ0) is 12.1. The average Bonchev–Trinajstić information content (AvgIpc) is 2.17. The Morgan fingerprint density at radius 3 is 2.44 bits per heavy atom. The van der Waals surface area contributed by atoms with Gasteiger partial charge >= 0.3 is 0 Å². The molecule has 0 aliphatic rings. The smallest absolute Gasteiger partial charge is 0.221 e. The van der Waals surface area contributed by atoms with Crippen molar-refractivity contribution < 1.29 is 9.59 Å². The fraction of sp³-hybridized carbons (Fsp3) is 0.333. The first-order chi connectivity index (χ1) is 7.49. The number of benzene rings is 1. The van der Waals surface area contributed by atoms with Crippen LogP contribution in [0.5, 0.6) is 0 Å². The molecule has 0 saturated heterocycles. The summed E-state index contributed by atoms with van der Waals surface area (Å²) in [5, 5.41) is 5.45. The average molecular weight is 220 g/mol. The van der Waals surface area contributed by atoms with Crippen molar-refractivity contribution in [2.75, 3.05) is 5.32 Å². The van der Waals surface area contributed by atoms with E-state index in [2.05, 4.69) is 10.6 Å². The Hall–Kier alpha value is -1.84. The van der Waals surface area contributed by atoms with E-state index >= 15 is 0 Å². The van der Waals surface area contributed by atoms with Crippen molar-refractivity contribution in [2.24, 2.45) is 0 Å². The van der Waals surface area contributed by atoms with Crippen LogP contribution in [0.15, 0.2) is 18.2 Å². The summed E-state index contributed by atoms with van der Waals surface area (Å²) in [6.45, 7) is 5.32. The summed E-state index contributed by atoms with van der Waals surface area (Å²) in [6.07, 6.45) is 0. The topological polar surface area (TPSA) is 58.2 Å². The van der Waals surface area contributed by atoms with Crippen molar-refractivity contribution in [3.8, 4) is 0 Å². The number of nitrogens with one attached hydrogen (secondary N) is 2. The van der Waals surface area contributed by atoms with Gasteiger partial charge in [0, 0.05) is 26.1 Å². The molecule has 0 heterocycles. The number of hydrogen-bond acceptors (Lipinski definition) is 2. The summed E-state index contributed by atoms with van der Waals surface area (Å²) in [4.78, 5) is 21.8. The third-order valence-corrected chi connectivity index (χ3v) is 2.10. The molecule has 4 heteroatoms. The highest BCUT2D eigenvalue weighted by Crippen LogP contribution is 2.17. The molecule has 0 radical (unpaired) electrons. The fourth-order valence-electron chi connectivity index (χ4n) is 1.40. The second-order valence-electron chi connectivity index (χ2n) is 3.75. The molecule has 1 rings (SSSR count). The highest BCUT2D eigenvalue weighted by Gasteiger charge is 2.04. The summed E-state index contributed by atoms with van der Waals surface area (Å²) < 4.78 is 0. The zero-order valence-corrected chi connectivity index (χ0v) is 9.76. The molecule has 4 nitrogen and oxygen atoms in total. The van der Waals surface area contributed by atoms with Crippen LogP contribution in [0.3, 0.4) is 0 Å². The maximum absolute atomic E-state index is 11.0. The predicted octanol–water partition coefficient (Wildman–Crippen LogP) is 1.59. The lowest BCUT2D eigenvalue weighted by Crippen LogP contribution is -2.20. The van der Waals surface area contributed by atoms with Gasteiger partial charge in [0.2, 0.25) is 11.8 Å². The molecule has 86 valence electrons. The van der Waals surface area contributed by atoms with Gasteiger partial charge in [0.05, 0.1) is 0 Å². The van der Waals surface area contributed by atoms with E-state index in [-0.39, 0.29) is 11.8 Å². The van der Waals surface area contributed by atoms with Gasteiger partial charge in [0.15, 0.2) is 0 Å². The van der Waals surface area contributed by atoms with Gasteiger partial charge < -0.3 is 10.6 Å². The molecule has 0 saturated carbocycles. The molecule has 2 amide bonds. The summed E-state index contributed by atoms with van der Waals surface area (Å²) in [5.74, 6) is -0.205. The summed E-state index contributed by atoms with van der Waals surface area (Å²) in [5.41, 5.74) is 2.74. The van der Waals surface area contributed by atoms with Gasteiger partial charge in [0.25, 0.3) is 0 Å². The Balaban J connectivity index is 2.89. The molecule has 0 fully saturated rings. The predicted molar refractivity (Wildman–Crippen MR) is 63.0 cm³/mol. The van der Waals surface area contributed by atoms with E-state index in [4.69, 9.17) is 0 Å². The lowest BCUT2D eigenvalue weighted by Gasteiger charge is -2.11. The molecule has 16 heavy (non-hydrogen) atoms.